The van der Waals surface area contributed by atoms with Gasteiger partial charge in [-0.25, -0.2) is 0 Å². The molecule has 2 nitrogen and oxygen atoms in total. The van der Waals surface area contributed by atoms with Gasteiger partial charge in [-0.3, -0.25) is 4.90 Å². The Morgan fingerprint density at radius 3 is 2.90 bits per heavy atom. The topological polar surface area (TPSA) is 15.3 Å². The lowest BCUT2D eigenvalue weighted by atomic mass is 9.98. The van der Waals surface area contributed by atoms with Crippen LogP contribution < -0.4 is 5.32 Å². The summed E-state index contributed by atoms with van der Waals surface area (Å²) in [7, 11) is 2.06. The van der Waals surface area contributed by atoms with E-state index < -0.39 is 0 Å². The van der Waals surface area contributed by atoms with Crippen molar-refractivity contribution in [1.82, 2.24) is 10.2 Å². The van der Waals surface area contributed by atoms with Crippen molar-refractivity contribution in [2.24, 2.45) is 0 Å². The largest absolute Gasteiger partial charge is 0.320 e. The maximum absolute atomic E-state index is 3.31. The van der Waals surface area contributed by atoms with Crippen molar-refractivity contribution < 1.29 is 0 Å². The first-order chi connectivity index (χ1) is 9.86. The summed E-state index contributed by atoms with van der Waals surface area (Å²) in [5.41, 5.74) is 3.09. The van der Waals surface area contributed by atoms with Crippen LogP contribution in [-0.4, -0.2) is 31.1 Å². The number of nitrogens with one attached hydrogen (secondary N) is 1. The van der Waals surface area contributed by atoms with Gasteiger partial charge in [0.15, 0.2) is 0 Å². The Morgan fingerprint density at radius 2 is 2.10 bits per heavy atom. The van der Waals surface area contributed by atoms with Crippen molar-refractivity contribution in [3.8, 4) is 0 Å². The second kappa shape index (κ2) is 6.73. The normalized spacial score (nSPS) is 23.9. The molecule has 1 aliphatic heterocycles. The minimum absolute atomic E-state index is 0.779. The Bertz CT molecular complexity index is 425. The van der Waals surface area contributed by atoms with Gasteiger partial charge >= 0.3 is 0 Å². The summed E-state index contributed by atoms with van der Waals surface area (Å²) in [5, 5.41) is 3.31. The summed E-state index contributed by atoms with van der Waals surface area (Å²) in [6, 6.07) is 10.1. The standard InChI is InChI=1S/C18H28N2/c1-19-11-10-18-7-2-3-12-20(18)14-15-5-4-6-17(13-15)16-8-9-16/h4-6,13,16,18-19H,2-3,7-12,14H2,1H3. The highest BCUT2D eigenvalue weighted by atomic mass is 15.2. The monoisotopic (exact) mass is 272 g/mol. The van der Waals surface area contributed by atoms with Crippen molar-refractivity contribution in [3.63, 3.8) is 0 Å². The van der Waals surface area contributed by atoms with Gasteiger partial charge in [0.1, 0.15) is 0 Å². The quantitative estimate of drug-likeness (QED) is 0.852. The van der Waals surface area contributed by atoms with Crippen molar-refractivity contribution in [2.75, 3.05) is 20.1 Å². The maximum Gasteiger partial charge on any atom is 0.0236 e. The van der Waals surface area contributed by atoms with Crippen LogP contribution in [0.15, 0.2) is 24.3 Å². The highest BCUT2D eigenvalue weighted by molar-refractivity contribution is 5.29. The molecule has 0 amide bonds. The lowest BCUT2D eigenvalue weighted by Crippen LogP contribution is -2.40. The summed E-state index contributed by atoms with van der Waals surface area (Å²) in [5.74, 6) is 0.872. The average molecular weight is 272 g/mol. The molecule has 2 aliphatic rings. The van der Waals surface area contributed by atoms with Crippen LogP contribution >= 0.6 is 0 Å². The number of hydrogen-bond acceptors (Lipinski definition) is 2. The van der Waals surface area contributed by atoms with E-state index in [1.165, 1.54) is 50.6 Å². The number of piperidine rings is 1. The van der Waals surface area contributed by atoms with Gasteiger partial charge in [0, 0.05) is 12.6 Å². The molecule has 2 heteroatoms. The van der Waals surface area contributed by atoms with E-state index in [1.807, 2.05) is 0 Å². The summed E-state index contributed by atoms with van der Waals surface area (Å²) in [6.45, 7) is 3.57. The molecule has 1 unspecified atom stereocenters. The molecule has 1 N–H and O–H groups in total. The fraction of sp³-hybridized carbons (Fsp3) is 0.667. The molecule has 110 valence electrons. The van der Waals surface area contributed by atoms with Gasteiger partial charge in [-0.1, -0.05) is 30.7 Å². The SMILES string of the molecule is CNCCC1CCCCN1Cc1cccc(C2CC2)c1. The van der Waals surface area contributed by atoms with Gasteiger partial charge in [0.05, 0.1) is 0 Å². The van der Waals surface area contributed by atoms with E-state index in [0.717, 1.165) is 25.0 Å². The van der Waals surface area contributed by atoms with Crippen LogP contribution in [0.2, 0.25) is 0 Å². The minimum atomic E-state index is 0.779. The van der Waals surface area contributed by atoms with Crippen molar-refractivity contribution >= 4 is 0 Å². The molecule has 2 fully saturated rings. The van der Waals surface area contributed by atoms with Gasteiger partial charge < -0.3 is 5.32 Å². The molecular formula is C18H28N2. The summed E-state index contributed by atoms with van der Waals surface area (Å²) >= 11 is 0. The molecule has 1 heterocycles. The molecule has 1 atom stereocenters. The van der Waals surface area contributed by atoms with E-state index in [4.69, 9.17) is 0 Å². The average Bonchev–Trinajstić information content (AvgIpc) is 3.31. The highest BCUT2D eigenvalue weighted by Gasteiger charge is 2.25. The molecule has 0 radical (unpaired) electrons. The van der Waals surface area contributed by atoms with Crippen LogP contribution in [0.1, 0.15) is 55.6 Å². The number of likely N-dealkylation sites (tertiary alicyclic amines) is 1. The molecule has 0 spiro atoms. The van der Waals surface area contributed by atoms with E-state index in [1.54, 1.807) is 5.56 Å². The highest BCUT2D eigenvalue weighted by Crippen LogP contribution is 2.40. The zero-order valence-corrected chi connectivity index (χ0v) is 12.8. The second-order valence-electron chi connectivity index (χ2n) is 6.53. The fourth-order valence-electron chi connectivity index (χ4n) is 3.50. The third-order valence-corrected chi connectivity index (χ3v) is 4.86. The molecular weight excluding hydrogens is 244 g/mol. The van der Waals surface area contributed by atoms with Crippen molar-refractivity contribution in [3.05, 3.63) is 35.4 Å². The Labute approximate surface area is 123 Å². The minimum Gasteiger partial charge on any atom is -0.320 e. The predicted octanol–water partition coefficient (Wildman–Crippen LogP) is 3.53. The Balaban J connectivity index is 1.63. The fourth-order valence-corrected chi connectivity index (χ4v) is 3.50. The molecule has 1 saturated heterocycles. The molecule has 3 rings (SSSR count). The predicted molar refractivity (Wildman–Crippen MR) is 85.0 cm³/mol. The van der Waals surface area contributed by atoms with Gasteiger partial charge in [-0.15, -0.1) is 0 Å². The van der Waals surface area contributed by atoms with Crippen LogP contribution in [0.4, 0.5) is 0 Å². The third-order valence-electron chi connectivity index (χ3n) is 4.86. The molecule has 1 aliphatic carbocycles. The molecule has 1 aromatic carbocycles. The van der Waals surface area contributed by atoms with E-state index in [2.05, 4.69) is 41.5 Å². The van der Waals surface area contributed by atoms with E-state index in [9.17, 15) is 0 Å². The second-order valence-corrected chi connectivity index (χ2v) is 6.53. The summed E-state index contributed by atoms with van der Waals surface area (Å²) in [4.78, 5) is 2.72. The van der Waals surface area contributed by atoms with E-state index in [0.29, 0.717) is 0 Å². The number of hydrogen-bond donors (Lipinski definition) is 1. The maximum atomic E-state index is 3.31. The number of nitrogens with zero attached hydrogens (tertiary/aromatic N) is 1. The summed E-state index contributed by atoms with van der Waals surface area (Å²) in [6.07, 6.45) is 8.25. The Morgan fingerprint density at radius 1 is 1.20 bits per heavy atom. The number of rotatable bonds is 6. The Hall–Kier alpha value is -0.860. The first-order valence-corrected chi connectivity index (χ1v) is 8.34. The molecule has 0 aromatic heterocycles. The van der Waals surface area contributed by atoms with Crippen LogP contribution in [0, 0.1) is 0 Å². The lowest BCUT2D eigenvalue weighted by molar-refractivity contribution is 0.132. The molecule has 1 saturated carbocycles. The van der Waals surface area contributed by atoms with Crippen LogP contribution in [0.3, 0.4) is 0 Å². The first kappa shape index (κ1) is 14.1. The Kier molecular flexibility index (Phi) is 4.74. The molecule has 1 aromatic rings. The lowest BCUT2D eigenvalue weighted by Gasteiger charge is -2.36. The molecule has 0 bridgehead atoms. The molecule has 20 heavy (non-hydrogen) atoms. The van der Waals surface area contributed by atoms with Gasteiger partial charge in [-0.2, -0.15) is 0 Å². The zero-order chi connectivity index (χ0) is 13.8. The number of benzene rings is 1. The van der Waals surface area contributed by atoms with Crippen LogP contribution in [0.5, 0.6) is 0 Å². The van der Waals surface area contributed by atoms with Gasteiger partial charge in [-0.05, 0) is 69.3 Å². The summed E-state index contributed by atoms with van der Waals surface area (Å²) < 4.78 is 0. The first-order valence-electron chi connectivity index (χ1n) is 8.34. The van der Waals surface area contributed by atoms with Crippen LogP contribution in [-0.2, 0) is 6.54 Å². The van der Waals surface area contributed by atoms with E-state index in [-0.39, 0.29) is 0 Å². The van der Waals surface area contributed by atoms with Crippen molar-refractivity contribution in [1.29, 1.82) is 0 Å². The van der Waals surface area contributed by atoms with Gasteiger partial charge in [0.25, 0.3) is 0 Å². The van der Waals surface area contributed by atoms with Crippen LogP contribution in [0.25, 0.3) is 0 Å². The smallest absolute Gasteiger partial charge is 0.0236 e. The van der Waals surface area contributed by atoms with Gasteiger partial charge in [0.2, 0.25) is 0 Å². The third kappa shape index (κ3) is 3.62. The van der Waals surface area contributed by atoms with E-state index >= 15 is 0 Å². The van der Waals surface area contributed by atoms with Crippen molar-refractivity contribution in [2.45, 2.75) is 57.0 Å². The zero-order valence-electron chi connectivity index (χ0n) is 12.8.